The lowest BCUT2D eigenvalue weighted by atomic mass is 10.1. The van der Waals surface area contributed by atoms with Crippen molar-refractivity contribution < 1.29 is 23.8 Å². The number of benzene rings is 2. The Kier molecular flexibility index (Phi) is 5.53. The number of ketones is 1. The van der Waals surface area contributed by atoms with Crippen LogP contribution in [0.1, 0.15) is 27.7 Å². The lowest BCUT2D eigenvalue weighted by Crippen LogP contribution is -2.35. The van der Waals surface area contributed by atoms with E-state index in [1.165, 1.54) is 11.3 Å². The molecule has 0 bridgehead atoms. The zero-order valence-electron chi connectivity index (χ0n) is 17.3. The van der Waals surface area contributed by atoms with Crippen molar-refractivity contribution in [1.29, 1.82) is 0 Å². The van der Waals surface area contributed by atoms with Crippen LogP contribution in [0, 0.1) is 0 Å². The number of thiophene rings is 1. The van der Waals surface area contributed by atoms with Crippen LogP contribution in [-0.4, -0.2) is 31.1 Å². The first kappa shape index (κ1) is 20.8. The van der Waals surface area contributed by atoms with Gasteiger partial charge in [0.25, 0.3) is 0 Å². The van der Waals surface area contributed by atoms with Crippen LogP contribution in [0.4, 0.5) is 0 Å². The van der Waals surface area contributed by atoms with Crippen LogP contribution in [0.15, 0.2) is 42.5 Å². The van der Waals surface area contributed by atoms with Gasteiger partial charge in [-0.2, -0.15) is 0 Å². The third-order valence-corrected chi connectivity index (χ3v) is 6.93. The van der Waals surface area contributed by atoms with E-state index in [4.69, 9.17) is 25.8 Å². The van der Waals surface area contributed by atoms with E-state index in [9.17, 15) is 9.59 Å². The fourth-order valence-electron chi connectivity index (χ4n) is 3.85. The average molecular weight is 470 g/mol. The Bertz CT molecular complexity index is 1220. The summed E-state index contributed by atoms with van der Waals surface area (Å²) in [4.78, 5) is 25.7. The minimum absolute atomic E-state index is 0.0494. The van der Waals surface area contributed by atoms with E-state index in [1.54, 1.807) is 6.92 Å². The molecule has 3 heterocycles. The summed E-state index contributed by atoms with van der Waals surface area (Å²) in [6.45, 7) is 2.15. The highest BCUT2D eigenvalue weighted by molar-refractivity contribution is 7.17. The van der Waals surface area contributed by atoms with Crippen LogP contribution in [0.5, 0.6) is 17.2 Å². The minimum Gasteiger partial charge on any atom is -0.486 e. The standard InChI is InChI=1S/C24H20ClNO5S/c1-13(27)21-4-5-22(32-21)15-8-16-9-17(31-24(16)18(25)10-15)11-26-23(28)7-14-2-3-19-20(6-14)30-12-29-19/h2-6,8,10,17H,7,9,11-12H2,1H3,(H,26,28). The van der Waals surface area contributed by atoms with Gasteiger partial charge in [-0.1, -0.05) is 17.7 Å². The largest absolute Gasteiger partial charge is 0.486 e. The number of nitrogens with one attached hydrogen (secondary N) is 1. The molecule has 6 nitrogen and oxygen atoms in total. The number of fused-ring (bicyclic) bond motifs is 2. The molecule has 0 saturated heterocycles. The molecule has 2 aliphatic rings. The smallest absolute Gasteiger partial charge is 0.231 e. The maximum absolute atomic E-state index is 12.4. The Labute approximate surface area is 194 Å². The van der Waals surface area contributed by atoms with Gasteiger partial charge in [0.2, 0.25) is 12.7 Å². The Morgan fingerprint density at radius 2 is 1.97 bits per heavy atom. The van der Waals surface area contributed by atoms with Gasteiger partial charge >= 0.3 is 0 Å². The molecule has 5 rings (SSSR count). The number of halogens is 1. The van der Waals surface area contributed by atoms with Crippen molar-refractivity contribution in [1.82, 2.24) is 5.32 Å². The van der Waals surface area contributed by atoms with Crippen LogP contribution >= 0.6 is 22.9 Å². The van der Waals surface area contributed by atoms with Gasteiger partial charge in [-0.25, -0.2) is 0 Å². The summed E-state index contributed by atoms with van der Waals surface area (Å²) in [6.07, 6.45) is 0.713. The number of amides is 1. The van der Waals surface area contributed by atoms with Crippen molar-refractivity contribution in [3.63, 3.8) is 0 Å². The van der Waals surface area contributed by atoms with Crippen molar-refractivity contribution in [2.24, 2.45) is 0 Å². The Morgan fingerprint density at radius 1 is 1.12 bits per heavy atom. The molecule has 1 atom stereocenters. The molecule has 0 aliphatic carbocycles. The number of hydrogen-bond donors (Lipinski definition) is 1. The van der Waals surface area contributed by atoms with Gasteiger partial charge in [0.1, 0.15) is 11.9 Å². The average Bonchev–Trinajstić information content (AvgIpc) is 3.50. The quantitative estimate of drug-likeness (QED) is 0.531. The third-order valence-electron chi connectivity index (χ3n) is 5.42. The summed E-state index contributed by atoms with van der Waals surface area (Å²) < 4.78 is 16.7. The molecule has 2 aromatic carbocycles. The molecule has 164 valence electrons. The first-order chi connectivity index (χ1) is 15.5. The number of hydrogen-bond acceptors (Lipinski definition) is 6. The van der Waals surface area contributed by atoms with Gasteiger partial charge in [-0.15, -0.1) is 11.3 Å². The summed E-state index contributed by atoms with van der Waals surface area (Å²) in [6, 6.07) is 13.2. The molecule has 1 unspecified atom stereocenters. The van der Waals surface area contributed by atoms with Gasteiger partial charge < -0.3 is 19.5 Å². The highest BCUT2D eigenvalue weighted by atomic mass is 35.5. The van der Waals surface area contributed by atoms with Gasteiger partial charge in [0, 0.05) is 16.9 Å². The molecule has 32 heavy (non-hydrogen) atoms. The SMILES string of the molecule is CC(=O)c1ccc(-c2cc(Cl)c3c(c2)CC(CNC(=O)Cc2ccc4c(c2)OCO4)O3)s1. The van der Waals surface area contributed by atoms with Crippen molar-refractivity contribution in [2.75, 3.05) is 13.3 Å². The van der Waals surface area contributed by atoms with Gasteiger partial charge in [-0.05, 0) is 54.4 Å². The molecule has 3 aromatic rings. The lowest BCUT2D eigenvalue weighted by molar-refractivity contribution is -0.120. The Morgan fingerprint density at radius 3 is 2.78 bits per heavy atom. The number of ether oxygens (including phenoxy) is 3. The summed E-state index contributed by atoms with van der Waals surface area (Å²) in [7, 11) is 0. The van der Waals surface area contributed by atoms with Gasteiger partial charge in [0.05, 0.1) is 22.9 Å². The molecule has 0 saturated carbocycles. The Hall–Kier alpha value is -3.03. The van der Waals surface area contributed by atoms with E-state index >= 15 is 0 Å². The first-order valence-corrected chi connectivity index (χ1v) is 11.4. The zero-order chi connectivity index (χ0) is 22.2. The predicted octanol–water partition coefficient (Wildman–Crippen LogP) is 4.66. The maximum Gasteiger partial charge on any atom is 0.231 e. The summed E-state index contributed by atoms with van der Waals surface area (Å²) in [5.74, 6) is 1.98. The number of carbonyl (C=O) groups is 2. The topological polar surface area (TPSA) is 73.9 Å². The number of Topliss-reactive ketones (excluding diaryl/α,β-unsaturated/α-hetero) is 1. The second kappa shape index (κ2) is 8.48. The number of rotatable bonds is 6. The Balaban J connectivity index is 1.21. The molecule has 0 fully saturated rings. The highest BCUT2D eigenvalue weighted by Crippen LogP contribution is 2.41. The van der Waals surface area contributed by atoms with E-state index in [1.807, 2.05) is 42.5 Å². The predicted molar refractivity (Wildman–Crippen MR) is 122 cm³/mol. The molecule has 0 spiro atoms. The molecule has 1 N–H and O–H groups in total. The van der Waals surface area contributed by atoms with Crippen LogP contribution in [0.3, 0.4) is 0 Å². The second-order valence-electron chi connectivity index (χ2n) is 7.78. The first-order valence-electron chi connectivity index (χ1n) is 10.2. The monoisotopic (exact) mass is 469 g/mol. The lowest BCUT2D eigenvalue weighted by Gasteiger charge is -2.12. The van der Waals surface area contributed by atoms with Crippen LogP contribution in [0.2, 0.25) is 5.02 Å². The van der Waals surface area contributed by atoms with Crippen molar-refractivity contribution in [3.05, 3.63) is 63.5 Å². The summed E-state index contributed by atoms with van der Waals surface area (Å²) in [5, 5.41) is 3.47. The van der Waals surface area contributed by atoms with Gasteiger partial charge in [0.15, 0.2) is 17.3 Å². The van der Waals surface area contributed by atoms with E-state index in [-0.39, 0.29) is 31.0 Å². The fourth-order valence-corrected chi connectivity index (χ4v) is 5.02. The second-order valence-corrected chi connectivity index (χ2v) is 9.27. The zero-order valence-corrected chi connectivity index (χ0v) is 18.8. The third kappa shape index (κ3) is 4.18. The number of carbonyl (C=O) groups excluding carboxylic acids is 2. The maximum atomic E-state index is 12.4. The van der Waals surface area contributed by atoms with Crippen molar-refractivity contribution >= 4 is 34.6 Å². The van der Waals surface area contributed by atoms with Crippen molar-refractivity contribution in [2.45, 2.75) is 25.9 Å². The minimum atomic E-state index is -0.186. The van der Waals surface area contributed by atoms with Crippen LogP contribution in [-0.2, 0) is 17.6 Å². The van der Waals surface area contributed by atoms with Crippen LogP contribution < -0.4 is 19.5 Å². The highest BCUT2D eigenvalue weighted by Gasteiger charge is 2.27. The molecular weight excluding hydrogens is 450 g/mol. The molecule has 1 aromatic heterocycles. The van der Waals surface area contributed by atoms with E-state index < -0.39 is 0 Å². The molecule has 2 aliphatic heterocycles. The summed E-state index contributed by atoms with van der Waals surface area (Å²) >= 11 is 7.93. The van der Waals surface area contributed by atoms with Gasteiger partial charge in [-0.3, -0.25) is 9.59 Å². The van der Waals surface area contributed by atoms with E-state index in [2.05, 4.69) is 5.32 Å². The molecule has 8 heteroatoms. The molecule has 1 amide bonds. The van der Waals surface area contributed by atoms with E-state index in [0.29, 0.717) is 35.2 Å². The normalized spacial score (nSPS) is 15.9. The van der Waals surface area contributed by atoms with Crippen molar-refractivity contribution in [3.8, 4) is 27.7 Å². The summed E-state index contributed by atoms with van der Waals surface area (Å²) in [5.41, 5.74) is 2.82. The molecular formula is C24H20ClNO5S. The fraction of sp³-hybridized carbons (Fsp3) is 0.250. The van der Waals surface area contributed by atoms with E-state index in [0.717, 1.165) is 26.4 Å². The van der Waals surface area contributed by atoms with Crippen LogP contribution in [0.25, 0.3) is 10.4 Å². The molecule has 0 radical (unpaired) electrons.